The van der Waals surface area contributed by atoms with Gasteiger partial charge in [0.25, 0.3) is 0 Å². The highest BCUT2D eigenvalue weighted by molar-refractivity contribution is 4.68. The van der Waals surface area contributed by atoms with Gasteiger partial charge in [0.2, 0.25) is 0 Å². The molecule has 84 valence electrons. The SMILES string of the molecule is CC(C)CNCCCCOC1CCC1. The van der Waals surface area contributed by atoms with Crippen LogP contribution in [0.1, 0.15) is 46.0 Å². The molecule has 14 heavy (non-hydrogen) atoms. The third-order valence-electron chi connectivity index (χ3n) is 2.71. The monoisotopic (exact) mass is 199 g/mol. The Balaban J connectivity index is 1.71. The molecule has 0 radical (unpaired) electrons. The van der Waals surface area contributed by atoms with E-state index in [-0.39, 0.29) is 0 Å². The van der Waals surface area contributed by atoms with E-state index in [0.717, 1.165) is 25.6 Å². The topological polar surface area (TPSA) is 21.3 Å². The van der Waals surface area contributed by atoms with Crippen molar-refractivity contribution >= 4 is 0 Å². The Bertz CT molecular complexity index is 132. The van der Waals surface area contributed by atoms with Crippen molar-refractivity contribution in [3.05, 3.63) is 0 Å². The summed E-state index contributed by atoms with van der Waals surface area (Å²) in [5.74, 6) is 0.765. The number of hydrogen-bond donors (Lipinski definition) is 1. The molecule has 0 aromatic carbocycles. The van der Waals surface area contributed by atoms with Crippen LogP contribution in [0.3, 0.4) is 0 Å². The third kappa shape index (κ3) is 5.61. The molecule has 1 aliphatic rings. The molecule has 1 N–H and O–H groups in total. The van der Waals surface area contributed by atoms with Crippen molar-refractivity contribution in [1.82, 2.24) is 5.32 Å². The van der Waals surface area contributed by atoms with Crippen LogP contribution in [0.25, 0.3) is 0 Å². The summed E-state index contributed by atoms with van der Waals surface area (Å²) >= 11 is 0. The first-order chi connectivity index (χ1) is 6.79. The third-order valence-corrected chi connectivity index (χ3v) is 2.71. The number of rotatable bonds is 8. The minimum Gasteiger partial charge on any atom is -0.378 e. The maximum absolute atomic E-state index is 5.68. The second-order valence-electron chi connectivity index (χ2n) is 4.73. The lowest BCUT2D eigenvalue weighted by Gasteiger charge is -2.25. The molecule has 0 heterocycles. The number of ether oxygens (including phenoxy) is 1. The summed E-state index contributed by atoms with van der Waals surface area (Å²) < 4.78 is 5.68. The Morgan fingerprint density at radius 2 is 2.07 bits per heavy atom. The van der Waals surface area contributed by atoms with E-state index in [1.807, 2.05) is 0 Å². The zero-order valence-electron chi connectivity index (χ0n) is 9.72. The largest absolute Gasteiger partial charge is 0.378 e. The van der Waals surface area contributed by atoms with Crippen molar-refractivity contribution < 1.29 is 4.74 Å². The molecule has 2 nitrogen and oxygen atoms in total. The number of nitrogens with one attached hydrogen (secondary N) is 1. The molecule has 0 atom stereocenters. The van der Waals surface area contributed by atoms with Gasteiger partial charge in [-0.3, -0.25) is 0 Å². The zero-order valence-corrected chi connectivity index (χ0v) is 9.72. The lowest BCUT2D eigenvalue weighted by atomic mass is 9.96. The summed E-state index contributed by atoms with van der Waals surface area (Å²) in [5.41, 5.74) is 0. The summed E-state index contributed by atoms with van der Waals surface area (Å²) in [5, 5.41) is 3.45. The fourth-order valence-corrected chi connectivity index (χ4v) is 1.53. The fourth-order valence-electron chi connectivity index (χ4n) is 1.53. The molecule has 1 fully saturated rings. The highest BCUT2D eigenvalue weighted by Crippen LogP contribution is 2.21. The average molecular weight is 199 g/mol. The van der Waals surface area contributed by atoms with Gasteiger partial charge in [0.15, 0.2) is 0 Å². The Hall–Kier alpha value is -0.0800. The molecule has 0 unspecified atom stereocenters. The maximum atomic E-state index is 5.68. The van der Waals surface area contributed by atoms with Gasteiger partial charge in [0.05, 0.1) is 6.10 Å². The van der Waals surface area contributed by atoms with Crippen LogP contribution >= 0.6 is 0 Å². The normalized spacial score (nSPS) is 17.4. The standard InChI is InChI=1S/C12H25NO/c1-11(2)10-13-8-3-4-9-14-12-6-5-7-12/h11-13H,3-10H2,1-2H3. The van der Waals surface area contributed by atoms with Crippen LogP contribution in [0.5, 0.6) is 0 Å². The van der Waals surface area contributed by atoms with E-state index in [4.69, 9.17) is 4.74 Å². The Morgan fingerprint density at radius 1 is 1.29 bits per heavy atom. The van der Waals surface area contributed by atoms with Crippen molar-refractivity contribution in [1.29, 1.82) is 0 Å². The Kier molecular flexibility index (Phi) is 6.20. The van der Waals surface area contributed by atoms with Crippen LogP contribution < -0.4 is 5.32 Å². The molecule has 0 bridgehead atoms. The molecule has 0 saturated heterocycles. The predicted molar refractivity (Wildman–Crippen MR) is 60.5 cm³/mol. The van der Waals surface area contributed by atoms with Crippen molar-refractivity contribution in [3.8, 4) is 0 Å². The van der Waals surface area contributed by atoms with E-state index in [1.54, 1.807) is 0 Å². The lowest BCUT2D eigenvalue weighted by molar-refractivity contribution is 0.000831. The molecular weight excluding hydrogens is 174 g/mol. The van der Waals surface area contributed by atoms with Gasteiger partial charge in [-0.1, -0.05) is 13.8 Å². The van der Waals surface area contributed by atoms with E-state index < -0.39 is 0 Å². The molecule has 0 amide bonds. The number of unbranched alkanes of at least 4 members (excludes halogenated alkanes) is 1. The molecule has 0 spiro atoms. The summed E-state index contributed by atoms with van der Waals surface area (Å²) in [6.07, 6.45) is 7.04. The van der Waals surface area contributed by atoms with E-state index in [0.29, 0.717) is 6.10 Å². The summed E-state index contributed by atoms with van der Waals surface area (Å²) in [6, 6.07) is 0. The van der Waals surface area contributed by atoms with Crippen LogP contribution in [0.4, 0.5) is 0 Å². The van der Waals surface area contributed by atoms with Crippen LogP contribution in [-0.2, 0) is 4.74 Å². The van der Waals surface area contributed by atoms with Crippen molar-refractivity contribution in [3.63, 3.8) is 0 Å². The first-order valence-electron chi connectivity index (χ1n) is 6.11. The van der Waals surface area contributed by atoms with Crippen LogP contribution in [-0.4, -0.2) is 25.8 Å². The smallest absolute Gasteiger partial charge is 0.0575 e. The molecule has 0 aromatic heterocycles. The molecule has 0 aliphatic heterocycles. The molecule has 0 aromatic rings. The second-order valence-corrected chi connectivity index (χ2v) is 4.73. The van der Waals surface area contributed by atoms with Gasteiger partial charge in [-0.2, -0.15) is 0 Å². The molecule has 1 rings (SSSR count). The first kappa shape index (κ1) is 12.0. The van der Waals surface area contributed by atoms with Gasteiger partial charge >= 0.3 is 0 Å². The minimum absolute atomic E-state index is 0.610. The van der Waals surface area contributed by atoms with Gasteiger partial charge in [-0.25, -0.2) is 0 Å². The number of hydrogen-bond acceptors (Lipinski definition) is 2. The van der Waals surface area contributed by atoms with E-state index in [2.05, 4.69) is 19.2 Å². The Labute approximate surface area is 88.4 Å². The molecule has 1 saturated carbocycles. The maximum Gasteiger partial charge on any atom is 0.0575 e. The molecular formula is C12H25NO. The van der Waals surface area contributed by atoms with E-state index in [1.165, 1.54) is 32.1 Å². The van der Waals surface area contributed by atoms with Gasteiger partial charge in [0, 0.05) is 6.61 Å². The summed E-state index contributed by atoms with van der Waals surface area (Å²) in [4.78, 5) is 0. The average Bonchev–Trinajstić information content (AvgIpc) is 2.06. The van der Waals surface area contributed by atoms with E-state index in [9.17, 15) is 0 Å². The highest BCUT2D eigenvalue weighted by atomic mass is 16.5. The van der Waals surface area contributed by atoms with Crippen molar-refractivity contribution in [2.24, 2.45) is 5.92 Å². The quantitative estimate of drug-likeness (QED) is 0.607. The fraction of sp³-hybridized carbons (Fsp3) is 1.00. The predicted octanol–water partition coefficient (Wildman–Crippen LogP) is 2.58. The van der Waals surface area contributed by atoms with Crippen LogP contribution in [0.2, 0.25) is 0 Å². The summed E-state index contributed by atoms with van der Waals surface area (Å²) in [7, 11) is 0. The van der Waals surface area contributed by atoms with Gasteiger partial charge in [0.1, 0.15) is 0 Å². The summed E-state index contributed by atoms with van der Waals surface area (Å²) in [6.45, 7) is 7.74. The highest BCUT2D eigenvalue weighted by Gasteiger charge is 2.16. The minimum atomic E-state index is 0.610. The van der Waals surface area contributed by atoms with Crippen molar-refractivity contribution in [2.75, 3.05) is 19.7 Å². The molecule has 1 aliphatic carbocycles. The van der Waals surface area contributed by atoms with Crippen LogP contribution in [0.15, 0.2) is 0 Å². The van der Waals surface area contributed by atoms with Gasteiger partial charge in [-0.15, -0.1) is 0 Å². The lowest BCUT2D eigenvalue weighted by Crippen LogP contribution is -2.23. The molecule has 2 heteroatoms. The van der Waals surface area contributed by atoms with Crippen molar-refractivity contribution in [2.45, 2.75) is 52.1 Å². The van der Waals surface area contributed by atoms with E-state index >= 15 is 0 Å². The Morgan fingerprint density at radius 3 is 2.64 bits per heavy atom. The first-order valence-corrected chi connectivity index (χ1v) is 6.11. The zero-order chi connectivity index (χ0) is 10.2. The van der Waals surface area contributed by atoms with Crippen LogP contribution in [0, 0.1) is 5.92 Å². The second kappa shape index (κ2) is 7.24. The van der Waals surface area contributed by atoms with Gasteiger partial charge in [-0.05, 0) is 51.1 Å². The van der Waals surface area contributed by atoms with Gasteiger partial charge < -0.3 is 10.1 Å².